The van der Waals surface area contributed by atoms with Gasteiger partial charge in [0.1, 0.15) is 11.3 Å². The van der Waals surface area contributed by atoms with Gasteiger partial charge in [-0.05, 0) is 42.8 Å². The maximum Gasteiger partial charge on any atom is 0.416 e. The molecule has 28 heavy (non-hydrogen) atoms. The Morgan fingerprint density at radius 3 is 2.64 bits per heavy atom. The van der Waals surface area contributed by atoms with Crippen molar-refractivity contribution >= 4 is 17.1 Å². The standard InChI is InChI=1S/C20H19F3N4O/c1-2-17-25-16-4-3-10-24-18(16)27(17)15-9-11-26(12-15)19(28)13-5-7-14(8-6-13)20(21,22)23/h3-8,10,15H,2,9,11-12H2,1H3/t15-/m1/s1. The molecule has 1 atom stereocenters. The predicted octanol–water partition coefficient (Wildman–Crippen LogP) is 4.10. The molecule has 0 radical (unpaired) electrons. The maximum absolute atomic E-state index is 12.7. The largest absolute Gasteiger partial charge is 0.416 e. The number of hydrogen-bond donors (Lipinski definition) is 0. The number of benzene rings is 1. The van der Waals surface area contributed by atoms with E-state index in [1.54, 1.807) is 11.1 Å². The summed E-state index contributed by atoms with van der Waals surface area (Å²) in [5.74, 6) is 0.661. The van der Waals surface area contributed by atoms with Gasteiger partial charge in [0, 0.05) is 31.3 Å². The summed E-state index contributed by atoms with van der Waals surface area (Å²) in [4.78, 5) is 23.5. The molecule has 0 spiro atoms. The summed E-state index contributed by atoms with van der Waals surface area (Å²) >= 11 is 0. The first-order valence-electron chi connectivity index (χ1n) is 9.17. The van der Waals surface area contributed by atoms with Gasteiger partial charge in [-0.3, -0.25) is 4.79 Å². The number of imidazole rings is 1. The van der Waals surface area contributed by atoms with Crippen molar-refractivity contribution in [1.29, 1.82) is 0 Å². The maximum atomic E-state index is 12.7. The molecule has 146 valence electrons. The third-order valence-corrected chi connectivity index (χ3v) is 5.11. The van der Waals surface area contributed by atoms with Crippen LogP contribution < -0.4 is 0 Å². The van der Waals surface area contributed by atoms with E-state index in [2.05, 4.69) is 14.5 Å². The lowest BCUT2D eigenvalue weighted by Crippen LogP contribution is -2.29. The van der Waals surface area contributed by atoms with Crippen molar-refractivity contribution in [2.75, 3.05) is 13.1 Å². The van der Waals surface area contributed by atoms with Gasteiger partial charge in [0.05, 0.1) is 11.6 Å². The number of hydrogen-bond acceptors (Lipinski definition) is 3. The predicted molar refractivity (Wildman–Crippen MR) is 97.9 cm³/mol. The third kappa shape index (κ3) is 3.23. The van der Waals surface area contributed by atoms with Crippen LogP contribution in [0.25, 0.3) is 11.2 Å². The first kappa shape index (κ1) is 18.5. The molecule has 4 rings (SSSR count). The van der Waals surface area contributed by atoms with Gasteiger partial charge >= 0.3 is 6.18 Å². The van der Waals surface area contributed by atoms with E-state index in [-0.39, 0.29) is 17.5 Å². The third-order valence-electron chi connectivity index (χ3n) is 5.11. The van der Waals surface area contributed by atoms with Crippen LogP contribution in [-0.2, 0) is 12.6 Å². The minimum Gasteiger partial charge on any atom is -0.336 e. The summed E-state index contributed by atoms with van der Waals surface area (Å²) in [6.45, 7) is 3.05. The SMILES string of the molecule is CCc1nc2cccnc2n1[C@@H]1CCN(C(=O)c2ccc(C(F)(F)F)cc2)C1. The summed E-state index contributed by atoms with van der Waals surface area (Å²) < 4.78 is 40.2. The molecule has 0 bridgehead atoms. The van der Waals surface area contributed by atoms with Crippen LogP contribution in [0.15, 0.2) is 42.6 Å². The fourth-order valence-corrected chi connectivity index (χ4v) is 3.73. The molecule has 8 heteroatoms. The highest BCUT2D eigenvalue weighted by atomic mass is 19.4. The van der Waals surface area contributed by atoms with E-state index in [9.17, 15) is 18.0 Å². The van der Waals surface area contributed by atoms with E-state index >= 15 is 0 Å². The van der Waals surface area contributed by atoms with Gasteiger partial charge in [0.2, 0.25) is 0 Å². The summed E-state index contributed by atoms with van der Waals surface area (Å²) in [5, 5.41) is 0. The van der Waals surface area contributed by atoms with Crippen LogP contribution >= 0.6 is 0 Å². The van der Waals surface area contributed by atoms with E-state index in [4.69, 9.17) is 0 Å². The number of alkyl halides is 3. The lowest BCUT2D eigenvalue weighted by atomic mass is 10.1. The minimum absolute atomic E-state index is 0.0493. The molecule has 0 saturated carbocycles. The number of carbonyl (C=O) groups is 1. The van der Waals surface area contributed by atoms with Gasteiger partial charge in [-0.25, -0.2) is 9.97 Å². The van der Waals surface area contributed by atoms with Crippen LogP contribution in [-0.4, -0.2) is 38.4 Å². The molecule has 3 aromatic rings. The number of amides is 1. The smallest absolute Gasteiger partial charge is 0.336 e. The van der Waals surface area contributed by atoms with Crippen LogP contribution in [0.2, 0.25) is 0 Å². The van der Waals surface area contributed by atoms with Crippen molar-refractivity contribution in [3.05, 3.63) is 59.5 Å². The van der Waals surface area contributed by atoms with Crippen LogP contribution in [0.5, 0.6) is 0 Å². The van der Waals surface area contributed by atoms with Gasteiger partial charge in [-0.1, -0.05) is 6.92 Å². The Kier molecular flexibility index (Phi) is 4.56. The Hall–Kier alpha value is -2.90. The zero-order chi connectivity index (χ0) is 19.9. The topological polar surface area (TPSA) is 51.0 Å². The Labute approximate surface area is 159 Å². The first-order chi connectivity index (χ1) is 13.4. The highest BCUT2D eigenvalue weighted by Gasteiger charge is 2.32. The zero-order valence-electron chi connectivity index (χ0n) is 15.3. The summed E-state index contributed by atoms with van der Waals surface area (Å²) in [6, 6.07) is 8.18. The molecule has 5 nitrogen and oxygen atoms in total. The molecule has 0 unspecified atom stereocenters. The average Bonchev–Trinajstić information content (AvgIpc) is 3.30. The van der Waals surface area contributed by atoms with Crippen molar-refractivity contribution < 1.29 is 18.0 Å². The highest BCUT2D eigenvalue weighted by Crippen LogP contribution is 2.31. The first-order valence-corrected chi connectivity index (χ1v) is 9.17. The van der Waals surface area contributed by atoms with Gasteiger partial charge < -0.3 is 9.47 Å². The molecule has 1 saturated heterocycles. The van der Waals surface area contributed by atoms with Crippen LogP contribution in [0, 0.1) is 0 Å². The second kappa shape index (κ2) is 6.92. The lowest BCUT2D eigenvalue weighted by molar-refractivity contribution is -0.137. The molecular weight excluding hydrogens is 369 g/mol. The van der Waals surface area contributed by atoms with Gasteiger partial charge in [-0.15, -0.1) is 0 Å². The number of rotatable bonds is 3. The van der Waals surface area contributed by atoms with Gasteiger partial charge in [-0.2, -0.15) is 13.2 Å². The fourth-order valence-electron chi connectivity index (χ4n) is 3.73. The van der Waals surface area contributed by atoms with Crippen LogP contribution in [0.4, 0.5) is 13.2 Å². The molecule has 3 heterocycles. The number of halogens is 3. The van der Waals surface area contributed by atoms with Gasteiger partial charge in [0.25, 0.3) is 5.91 Å². The van der Waals surface area contributed by atoms with Crippen LogP contribution in [0.3, 0.4) is 0 Å². The number of aryl methyl sites for hydroxylation is 1. The molecule has 1 aliphatic heterocycles. The second-order valence-electron chi connectivity index (χ2n) is 6.87. The number of nitrogens with zero attached hydrogens (tertiary/aromatic N) is 4. The van der Waals surface area contributed by atoms with E-state index in [0.717, 1.165) is 42.0 Å². The van der Waals surface area contributed by atoms with E-state index < -0.39 is 11.7 Å². The van der Waals surface area contributed by atoms with E-state index in [0.29, 0.717) is 13.1 Å². The van der Waals surface area contributed by atoms with Crippen molar-refractivity contribution in [2.24, 2.45) is 0 Å². The summed E-state index contributed by atoms with van der Waals surface area (Å²) in [6.07, 6.45) is -1.19. The number of aromatic nitrogens is 3. The molecule has 0 aliphatic carbocycles. The Morgan fingerprint density at radius 1 is 1.21 bits per heavy atom. The zero-order valence-corrected chi connectivity index (χ0v) is 15.3. The Morgan fingerprint density at radius 2 is 1.96 bits per heavy atom. The molecule has 1 aliphatic rings. The van der Waals surface area contributed by atoms with Crippen molar-refractivity contribution in [3.63, 3.8) is 0 Å². The van der Waals surface area contributed by atoms with E-state index in [1.165, 1.54) is 12.1 Å². The van der Waals surface area contributed by atoms with Crippen molar-refractivity contribution in [1.82, 2.24) is 19.4 Å². The lowest BCUT2D eigenvalue weighted by Gasteiger charge is -2.19. The molecule has 1 aromatic carbocycles. The fraction of sp³-hybridized carbons (Fsp3) is 0.350. The molecular formula is C20H19F3N4O. The Bertz CT molecular complexity index is 1010. The normalized spacial score (nSPS) is 17.4. The van der Waals surface area contributed by atoms with E-state index in [1.807, 2.05) is 19.1 Å². The van der Waals surface area contributed by atoms with Crippen LogP contribution in [0.1, 0.15) is 41.1 Å². The number of pyridine rings is 1. The molecule has 1 amide bonds. The monoisotopic (exact) mass is 388 g/mol. The summed E-state index contributed by atoms with van der Waals surface area (Å²) in [7, 11) is 0. The minimum atomic E-state index is -4.41. The molecule has 1 fully saturated rings. The summed E-state index contributed by atoms with van der Waals surface area (Å²) in [5.41, 5.74) is 1.13. The second-order valence-corrected chi connectivity index (χ2v) is 6.87. The number of fused-ring (bicyclic) bond motifs is 1. The quantitative estimate of drug-likeness (QED) is 0.679. The number of carbonyl (C=O) groups excluding carboxylic acids is 1. The van der Waals surface area contributed by atoms with Crippen molar-refractivity contribution in [3.8, 4) is 0 Å². The highest BCUT2D eigenvalue weighted by molar-refractivity contribution is 5.94. The molecule has 2 aromatic heterocycles. The number of likely N-dealkylation sites (tertiary alicyclic amines) is 1. The molecule has 0 N–H and O–H groups in total. The van der Waals surface area contributed by atoms with Crippen molar-refractivity contribution in [2.45, 2.75) is 32.0 Å². The van der Waals surface area contributed by atoms with Gasteiger partial charge in [0.15, 0.2) is 5.65 Å². The Balaban J connectivity index is 1.55. The average molecular weight is 388 g/mol.